The fourth-order valence-corrected chi connectivity index (χ4v) is 3.66. The zero-order valence-electron chi connectivity index (χ0n) is 17.4. The molecule has 3 aromatic rings. The average molecular weight is 423 g/mol. The predicted octanol–water partition coefficient (Wildman–Crippen LogP) is 4.39. The zero-order valence-corrected chi connectivity index (χ0v) is 17.4. The Labute approximate surface area is 179 Å². The molecule has 1 aromatic heterocycles. The number of aryl methyl sites for hydroxylation is 2. The molecule has 1 N–H and O–H groups in total. The van der Waals surface area contributed by atoms with Gasteiger partial charge in [-0.25, -0.2) is 13.6 Å². The van der Waals surface area contributed by atoms with Crippen molar-refractivity contribution < 1.29 is 13.6 Å². The molecular weight excluding hydrogens is 400 g/mol. The minimum atomic E-state index is -0.800. The van der Waals surface area contributed by atoms with Gasteiger partial charge in [-0.05, 0) is 43.7 Å². The molecular formula is C23H23F2N5O. The summed E-state index contributed by atoms with van der Waals surface area (Å²) in [6.45, 7) is 6.18. The Balaban J connectivity index is 1.36. The first-order valence-corrected chi connectivity index (χ1v) is 10.1. The van der Waals surface area contributed by atoms with Gasteiger partial charge < -0.3 is 15.1 Å². The Bertz CT molecular complexity index is 1100. The van der Waals surface area contributed by atoms with Gasteiger partial charge in [0.15, 0.2) is 5.82 Å². The van der Waals surface area contributed by atoms with E-state index in [0.29, 0.717) is 26.2 Å². The second kappa shape index (κ2) is 8.67. The van der Waals surface area contributed by atoms with Crippen LogP contribution in [0.2, 0.25) is 0 Å². The molecule has 0 aliphatic carbocycles. The van der Waals surface area contributed by atoms with Crippen LogP contribution < -0.4 is 10.2 Å². The maximum absolute atomic E-state index is 13.8. The number of piperazine rings is 1. The number of nitrogens with zero attached hydrogens (tertiary/aromatic N) is 4. The topological polar surface area (TPSA) is 61.4 Å². The van der Waals surface area contributed by atoms with E-state index in [2.05, 4.69) is 52.5 Å². The van der Waals surface area contributed by atoms with Gasteiger partial charge in [0.1, 0.15) is 11.6 Å². The summed E-state index contributed by atoms with van der Waals surface area (Å²) < 4.78 is 26.8. The number of carbonyl (C=O) groups is 1. The van der Waals surface area contributed by atoms with Crippen molar-refractivity contribution in [3.8, 4) is 11.3 Å². The first-order valence-electron chi connectivity index (χ1n) is 10.1. The van der Waals surface area contributed by atoms with Crippen LogP contribution in [0.25, 0.3) is 11.3 Å². The van der Waals surface area contributed by atoms with Crippen LogP contribution in [0, 0.1) is 25.5 Å². The summed E-state index contributed by atoms with van der Waals surface area (Å²) in [5.41, 5.74) is 4.19. The molecule has 2 amide bonds. The van der Waals surface area contributed by atoms with Crippen molar-refractivity contribution in [1.82, 2.24) is 15.1 Å². The van der Waals surface area contributed by atoms with Gasteiger partial charge >= 0.3 is 6.03 Å². The molecule has 4 rings (SSSR count). The van der Waals surface area contributed by atoms with Crippen molar-refractivity contribution in [2.45, 2.75) is 13.8 Å². The third-order valence-corrected chi connectivity index (χ3v) is 5.37. The number of rotatable bonds is 3. The van der Waals surface area contributed by atoms with E-state index < -0.39 is 17.7 Å². The monoisotopic (exact) mass is 423 g/mol. The molecule has 6 nitrogen and oxygen atoms in total. The molecule has 0 saturated carbocycles. The van der Waals surface area contributed by atoms with E-state index in [1.165, 1.54) is 11.6 Å². The normalized spacial score (nSPS) is 13.9. The highest BCUT2D eigenvalue weighted by molar-refractivity contribution is 5.89. The van der Waals surface area contributed by atoms with Crippen LogP contribution in [-0.2, 0) is 0 Å². The third-order valence-electron chi connectivity index (χ3n) is 5.37. The fourth-order valence-electron chi connectivity index (χ4n) is 3.66. The molecule has 0 radical (unpaired) electrons. The van der Waals surface area contributed by atoms with E-state index in [-0.39, 0.29) is 5.69 Å². The number of urea groups is 1. The van der Waals surface area contributed by atoms with Crippen molar-refractivity contribution in [2.24, 2.45) is 0 Å². The van der Waals surface area contributed by atoms with Crippen molar-refractivity contribution in [3.63, 3.8) is 0 Å². The van der Waals surface area contributed by atoms with Gasteiger partial charge in [0.05, 0.1) is 11.4 Å². The van der Waals surface area contributed by atoms with Gasteiger partial charge in [-0.3, -0.25) is 0 Å². The number of anilines is 2. The van der Waals surface area contributed by atoms with E-state index in [9.17, 15) is 13.6 Å². The van der Waals surface area contributed by atoms with Gasteiger partial charge in [0.2, 0.25) is 0 Å². The van der Waals surface area contributed by atoms with E-state index in [1.807, 2.05) is 12.1 Å². The molecule has 0 bridgehead atoms. The first kappa shape index (κ1) is 20.7. The maximum atomic E-state index is 13.8. The summed E-state index contributed by atoms with van der Waals surface area (Å²) in [6.07, 6.45) is 0. The van der Waals surface area contributed by atoms with Gasteiger partial charge in [0, 0.05) is 37.8 Å². The number of benzene rings is 2. The van der Waals surface area contributed by atoms with E-state index in [4.69, 9.17) is 0 Å². The van der Waals surface area contributed by atoms with Crippen LogP contribution >= 0.6 is 0 Å². The Morgan fingerprint density at radius 3 is 2.35 bits per heavy atom. The Kier molecular flexibility index (Phi) is 5.79. The molecule has 2 heterocycles. The molecule has 1 saturated heterocycles. The SMILES string of the molecule is Cc1ccc(-c2ccc(N3CCN(C(=O)Nc4ccc(F)cc4F)CC3)nn2)c(C)c1. The lowest BCUT2D eigenvalue weighted by Crippen LogP contribution is -2.50. The molecule has 8 heteroatoms. The number of hydrogen-bond acceptors (Lipinski definition) is 4. The van der Waals surface area contributed by atoms with E-state index in [1.54, 1.807) is 4.90 Å². The number of nitrogens with one attached hydrogen (secondary N) is 1. The minimum absolute atomic E-state index is 0.0401. The fraction of sp³-hybridized carbons (Fsp3) is 0.261. The molecule has 160 valence electrons. The largest absolute Gasteiger partial charge is 0.352 e. The predicted molar refractivity (Wildman–Crippen MR) is 116 cm³/mol. The molecule has 31 heavy (non-hydrogen) atoms. The Hall–Kier alpha value is -3.55. The molecule has 0 unspecified atom stereocenters. The second-order valence-electron chi connectivity index (χ2n) is 7.62. The van der Waals surface area contributed by atoms with E-state index in [0.717, 1.165) is 34.8 Å². The van der Waals surface area contributed by atoms with Crippen molar-refractivity contribution in [2.75, 3.05) is 36.4 Å². The lowest BCUT2D eigenvalue weighted by atomic mass is 10.0. The third kappa shape index (κ3) is 4.63. The lowest BCUT2D eigenvalue weighted by molar-refractivity contribution is 0.208. The minimum Gasteiger partial charge on any atom is -0.352 e. The number of carbonyl (C=O) groups excluding carboxylic acids is 1. The quantitative estimate of drug-likeness (QED) is 0.679. The Morgan fingerprint density at radius 2 is 1.71 bits per heavy atom. The van der Waals surface area contributed by atoms with Gasteiger partial charge in [0.25, 0.3) is 0 Å². The molecule has 2 aromatic carbocycles. The summed E-state index contributed by atoms with van der Waals surface area (Å²) in [6, 6.07) is 12.8. The van der Waals surface area contributed by atoms with Crippen LogP contribution in [0.1, 0.15) is 11.1 Å². The summed E-state index contributed by atoms with van der Waals surface area (Å²) >= 11 is 0. The highest BCUT2D eigenvalue weighted by Gasteiger charge is 2.23. The van der Waals surface area contributed by atoms with Crippen molar-refractivity contribution >= 4 is 17.5 Å². The number of aromatic nitrogens is 2. The van der Waals surface area contributed by atoms with Crippen LogP contribution in [-0.4, -0.2) is 47.3 Å². The number of halogens is 2. The molecule has 0 atom stereocenters. The summed E-state index contributed by atoms with van der Waals surface area (Å²) in [7, 11) is 0. The molecule has 1 aliphatic rings. The van der Waals surface area contributed by atoms with Gasteiger partial charge in [-0.15, -0.1) is 10.2 Å². The summed E-state index contributed by atoms with van der Waals surface area (Å²) in [5.74, 6) is -0.738. The molecule has 1 fully saturated rings. The highest BCUT2D eigenvalue weighted by Crippen LogP contribution is 2.24. The maximum Gasteiger partial charge on any atom is 0.322 e. The van der Waals surface area contributed by atoms with Gasteiger partial charge in [-0.2, -0.15) is 0 Å². The van der Waals surface area contributed by atoms with Gasteiger partial charge in [-0.1, -0.05) is 23.8 Å². The zero-order chi connectivity index (χ0) is 22.0. The smallest absolute Gasteiger partial charge is 0.322 e. The highest BCUT2D eigenvalue weighted by atomic mass is 19.1. The van der Waals surface area contributed by atoms with Crippen molar-refractivity contribution in [1.29, 1.82) is 0 Å². The van der Waals surface area contributed by atoms with Crippen LogP contribution in [0.4, 0.5) is 25.1 Å². The second-order valence-corrected chi connectivity index (χ2v) is 7.62. The average Bonchev–Trinajstić information content (AvgIpc) is 2.76. The number of amides is 2. The Morgan fingerprint density at radius 1 is 0.935 bits per heavy atom. The van der Waals surface area contributed by atoms with E-state index >= 15 is 0 Å². The lowest BCUT2D eigenvalue weighted by Gasteiger charge is -2.35. The van der Waals surface area contributed by atoms with Crippen LogP contribution in [0.5, 0.6) is 0 Å². The summed E-state index contributed by atoms with van der Waals surface area (Å²) in [4.78, 5) is 16.1. The van der Waals surface area contributed by atoms with Crippen molar-refractivity contribution in [3.05, 3.63) is 71.3 Å². The number of hydrogen-bond donors (Lipinski definition) is 1. The molecule has 1 aliphatic heterocycles. The molecule has 0 spiro atoms. The van der Waals surface area contributed by atoms with Crippen LogP contribution in [0.15, 0.2) is 48.5 Å². The standard InChI is InChI=1S/C23H23F2N5O/c1-15-3-5-18(16(2)13-15)20-7-8-22(28-27-20)29-9-11-30(12-10-29)23(31)26-21-6-4-17(24)14-19(21)25/h3-8,13-14H,9-12H2,1-2H3,(H,26,31). The first-order chi connectivity index (χ1) is 14.9. The summed E-state index contributed by atoms with van der Waals surface area (Å²) in [5, 5.41) is 11.3. The van der Waals surface area contributed by atoms with Crippen LogP contribution in [0.3, 0.4) is 0 Å².